The zero-order valence-electron chi connectivity index (χ0n) is 15.6. The first kappa shape index (κ1) is 18.5. The highest BCUT2D eigenvalue weighted by atomic mass is 16.5. The number of hydrogen-bond acceptors (Lipinski definition) is 6. The maximum atomic E-state index is 5.99. The quantitative estimate of drug-likeness (QED) is 0.664. The fourth-order valence-corrected chi connectivity index (χ4v) is 2.96. The van der Waals surface area contributed by atoms with E-state index in [9.17, 15) is 0 Å². The molecule has 0 aliphatic rings. The monoisotopic (exact) mass is 364 g/mol. The molecule has 0 saturated carbocycles. The number of anilines is 2. The van der Waals surface area contributed by atoms with E-state index in [-0.39, 0.29) is 5.95 Å². The highest BCUT2D eigenvalue weighted by Crippen LogP contribution is 2.40. The Morgan fingerprint density at radius 3 is 2.11 bits per heavy atom. The van der Waals surface area contributed by atoms with Gasteiger partial charge in [0, 0.05) is 18.2 Å². The summed E-state index contributed by atoms with van der Waals surface area (Å²) in [6.45, 7) is 5.05. The van der Waals surface area contributed by atoms with Gasteiger partial charge >= 0.3 is 0 Å². The molecule has 3 rings (SSSR count). The Bertz CT molecular complexity index is 886. The van der Waals surface area contributed by atoms with Crippen LogP contribution in [0.1, 0.15) is 25.0 Å². The number of nitrogen functional groups attached to an aromatic ring is 2. The van der Waals surface area contributed by atoms with Crippen LogP contribution in [0.3, 0.4) is 0 Å². The highest BCUT2D eigenvalue weighted by molar-refractivity contribution is 5.77. The van der Waals surface area contributed by atoms with E-state index in [1.807, 2.05) is 56.3 Å². The van der Waals surface area contributed by atoms with Crippen molar-refractivity contribution in [2.24, 2.45) is 0 Å². The summed E-state index contributed by atoms with van der Waals surface area (Å²) in [6.07, 6.45) is 2.21. The van der Waals surface area contributed by atoms with Crippen molar-refractivity contribution in [3.63, 3.8) is 0 Å². The Morgan fingerprint density at radius 2 is 1.56 bits per heavy atom. The number of benzene rings is 2. The van der Waals surface area contributed by atoms with Gasteiger partial charge in [0.15, 0.2) is 0 Å². The van der Waals surface area contributed by atoms with Gasteiger partial charge in [0.25, 0.3) is 0 Å². The maximum Gasteiger partial charge on any atom is 0.221 e. The molecule has 4 N–H and O–H groups in total. The molecule has 1 aromatic heterocycles. The number of aromatic nitrogens is 2. The van der Waals surface area contributed by atoms with Crippen LogP contribution in [0.25, 0.3) is 11.1 Å². The molecule has 0 radical (unpaired) electrons. The van der Waals surface area contributed by atoms with Crippen molar-refractivity contribution in [3.8, 4) is 22.6 Å². The summed E-state index contributed by atoms with van der Waals surface area (Å²) in [7, 11) is 0. The SMILES string of the molecule is CCOc1cc(Cc2cnc(N)nc2N)cc(OCC)c1-c1ccccc1. The Morgan fingerprint density at radius 1 is 0.926 bits per heavy atom. The topological polar surface area (TPSA) is 96.3 Å². The van der Waals surface area contributed by atoms with Crippen LogP contribution in [-0.4, -0.2) is 23.2 Å². The minimum Gasteiger partial charge on any atom is -0.493 e. The van der Waals surface area contributed by atoms with Crippen LogP contribution in [0.15, 0.2) is 48.7 Å². The molecular formula is C21H24N4O2. The predicted molar refractivity (Wildman–Crippen MR) is 108 cm³/mol. The molecule has 0 fully saturated rings. The molecule has 6 heteroatoms. The third-order valence-corrected chi connectivity index (χ3v) is 4.10. The molecule has 0 spiro atoms. The predicted octanol–water partition coefficient (Wildman–Crippen LogP) is 3.70. The van der Waals surface area contributed by atoms with E-state index in [2.05, 4.69) is 9.97 Å². The molecule has 0 amide bonds. The number of hydrogen-bond donors (Lipinski definition) is 2. The number of ether oxygens (including phenoxy) is 2. The van der Waals surface area contributed by atoms with Gasteiger partial charge in [-0.1, -0.05) is 30.3 Å². The maximum absolute atomic E-state index is 5.99. The summed E-state index contributed by atoms with van der Waals surface area (Å²) in [6, 6.07) is 14.1. The first-order chi connectivity index (χ1) is 13.1. The zero-order valence-corrected chi connectivity index (χ0v) is 15.6. The smallest absolute Gasteiger partial charge is 0.221 e. The van der Waals surface area contributed by atoms with Crippen LogP contribution in [0.5, 0.6) is 11.5 Å². The van der Waals surface area contributed by atoms with Crippen molar-refractivity contribution in [2.45, 2.75) is 20.3 Å². The molecule has 2 aromatic carbocycles. The van der Waals surface area contributed by atoms with Gasteiger partial charge in [-0.25, -0.2) is 4.98 Å². The second-order valence-corrected chi connectivity index (χ2v) is 6.01. The molecule has 0 aliphatic heterocycles. The summed E-state index contributed by atoms with van der Waals surface area (Å²) in [5.41, 5.74) is 15.4. The minimum absolute atomic E-state index is 0.167. The van der Waals surface area contributed by atoms with E-state index in [0.29, 0.717) is 25.5 Å². The van der Waals surface area contributed by atoms with Gasteiger partial charge in [-0.15, -0.1) is 0 Å². The van der Waals surface area contributed by atoms with Crippen LogP contribution in [0.4, 0.5) is 11.8 Å². The molecule has 6 nitrogen and oxygen atoms in total. The minimum atomic E-state index is 0.167. The molecule has 1 heterocycles. The summed E-state index contributed by atoms with van der Waals surface area (Å²) < 4.78 is 11.9. The van der Waals surface area contributed by atoms with Gasteiger partial charge in [0.05, 0.1) is 18.8 Å². The Hall–Kier alpha value is -3.28. The van der Waals surface area contributed by atoms with Crippen LogP contribution in [0.2, 0.25) is 0 Å². The molecule has 0 atom stereocenters. The van der Waals surface area contributed by atoms with Crippen molar-refractivity contribution in [2.75, 3.05) is 24.7 Å². The van der Waals surface area contributed by atoms with Crippen molar-refractivity contribution in [1.29, 1.82) is 0 Å². The lowest BCUT2D eigenvalue weighted by Crippen LogP contribution is -2.05. The number of nitrogens with two attached hydrogens (primary N) is 2. The Labute approximate surface area is 159 Å². The lowest BCUT2D eigenvalue weighted by atomic mass is 9.98. The molecule has 140 valence electrons. The third kappa shape index (κ3) is 4.28. The van der Waals surface area contributed by atoms with E-state index in [0.717, 1.165) is 33.8 Å². The van der Waals surface area contributed by atoms with Crippen molar-refractivity contribution >= 4 is 11.8 Å². The van der Waals surface area contributed by atoms with Crippen LogP contribution in [-0.2, 0) is 6.42 Å². The molecule has 0 aliphatic carbocycles. The number of rotatable bonds is 7. The summed E-state index contributed by atoms with van der Waals surface area (Å²) in [5, 5.41) is 0. The largest absolute Gasteiger partial charge is 0.493 e. The molecule has 0 saturated heterocycles. The van der Waals surface area contributed by atoms with Crippen molar-refractivity contribution in [1.82, 2.24) is 9.97 Å². The van der Waals surface area contributed by atoms with Gasteiger partial charge < -0.3 is 20.9 Å². The van der Waals surface area contributed by atoms with Gasteiger partial charge in [-0.2, -0.15) is 4.98 Å². The summed E-state index contributed by atoms with van der Waals surface area (Å²) in [5.74, 6) is 2.10. The average Bonchev–Trinajstić information content (AvgIpc) is 2.65. The van der Waals surface area contributed by atoms with Crippen LogP contribution in [0, 0.1) is 0 Å². The molecule has 3 aromatic rings. The lowest BCUT2D eigenvalue weighted by Gasteiger charge is -2.18. The first-order valence-electron chi connectivity index (χ1n) is 8.97. The fraction of sp³-hybridized carbons (Fsp3) is 0.238. The fourth-order valence-electron chi connectivity index (χ4n) is 2.96. The van der Waals surface area contributed by atoms with E-state index >= 15 is 0 Å². The Balaban J connectivity index is 2.08. The van der Waals surface area contributed by atoms with E-state index in [4.69, 9.17) is 20.9 Å². The molecule has 0 unspecified atom stereocenters. The second-order valence-electron chi connectivity index (χ2n) is 6.01. The van der Waals surface area contributed by atoms with Gasteiger partial charge in [0.1, 0.15) is 17.3 Å². The van der Waals surface area contributed by atoms with Crippen LogP contribution < -0.4 is 20.9 Å². The normalized spacial score (nSPS) is 10.6. The lowest BCUT2D eigenvalue weighted by molar-refractivity contribution is 0.325. The van der Waals surface area contributed by atoms with E-state index in [1.54, 1.807) is 6.20 Å². The van der Waals surface area contributed by atoms with E-state index in [1.165, 1.54) is 0 Å². The highest BCUT2D eigenvalue weighted by Gasteiger charge is 2.16. The molecule has 27 heavy (non-hydrogen) atoms. The first-order valence-corrected chi connectivity index (χ1v) is 8.97. The van der Waals surface area contributed by atoms with Crippen molar-refractivity contribution < 1.29 is 9.47 Å². The van der Waals surface area contributed by atoms with Gasteiger partial charge in [-0.05, 0) is 37.1 Å². The Kier molecular flexibility index (Phi) is 5.76. The van der Waals surface area contributed by atoms with Gasteiger partial charge in [-0.3, -0.25) is 0 Å². The summed E-state index contributed by atoms with van der Waals surface area (Å²) >= 11 is 0. The van der Waals surface area contributed by atoms with Crippen LogP contribution >= 0.6 is 0 Å². The molecule has 0 bridgehead atoms. The van der Waals surface area contributed by atoms with Crippen molar-refractivity contribution in [3.05, 3.63) is 59.8 Å². The standard InChI is InChI=1S/C21H24N4O2/c1-3-26-17-11-14(10-16-13-24-21(23)25-20(16)22)12-18(27-4-2)19(17)15-8-6-5-7-9-15/h5-9,11-13H,3-4,10H2,1-2H3,(H4,22,23,24,25). The average molecular weight is 364 g/mol. The number of nitrogens with zero attached hydrogens (tertiary/aromatic N) is 2. The summed E-state index contributed by atoms with van der Waals surface area (Å²) in [4.78, 5) is 8.08. The van der Waals surface area contributed by atoms with Gasteiger partial charge in [0.2, 0.25) is 5.95 Å². The molecular weight excluding hydrogens is 340 g/mol. The third-order valence-electron chi connectivity index (χ3n) is 4.10. The zero-order chi connectivity index (χ0) is 19.2. The van der Waals surface area contributed by atoms with E-state index < -0.39 is 0 Å². The second kappa shape index (κ2) is 8.40.